The van der Waals surface area contributed by atoms with Crippen LogP contribution in [0.4, 0.5) is 13.2 Å². The first kappa shape index (κ1) is 14.5. The SMILES string of the molecule is O=C(c1ccccc1C(F)(F)F)C1CC2COCC(C1)N2. The molecule has 6 heteroatoms. The van der Waals surface area contributed by atoms with Crippen LogP contribution in [0.3, 0.4) is 0 Å². The third-order valence-electron chi connectivity index (χ3n) is 4.12. The summed E-state index contributed by atoms with van der Waals surface area (Å²) in [4.78, 5) is 12.5. The van der Waals surface area contributed by atoms with Crippen LogP contribution < -0.4 is 5.32 Å². The van der Waals surface area contributed by atoms with E-state index in [1.165, 1.54) is 18.2 Å². The summed E-state index contributed by atoms with van der Waals surface area (Å²) in [5.41, 5.74) is -1.05. The predicted molar refractivity (Wildman–Crippen MR) is 70.0 cm³/mol. The molecular formula is C15H16F3NO2. The first-order valence-corrected chi connectivity index (χ1v) is 6.99. The molecule has 1 aromatic carbocycles. The molecule has 0 spiro atoms. The quantitative estimate of drug-likeness (QED) is 0.853. The van der Waals surface area contributed by atoms with Crippen LogP contribution in [0.15, 0.2) is 24.3 Å². The van der Waals surface area contributed by atoms with Gasteiger partial charge in [-0.05, 0) is 18.9 Å². The number of alkyl halides is 3. The van der Waals surface area contributed by atoms with Gasteiger partial charge in [-0.1, -0.05) is 18.2 Å². The van der Waals surface area contributed by atoms with Crippen molar-refractivity contribution in [2.24, 2.45) is 5.92 Å². The lowest BCUT2D eigenvalue weighted by Gasteiger charge is -2.39. The average molecular weight is 299 g/mol. The average Bonchev–Trinajstić information content (AvgIpc) is 2.45. The van der Waals surface area contributed by atoms with Crippen molar-refractivity contribution in [3.05, 3.63) is 35.4 Å². The van der Waals surface area contributed by atoms with Crippen LogP contribution in [-0.2, 0) is 10.9 Å². The van der Waals surface area contributed by atoms with Gasteiger partial charge in [-0.2, -0.15) is 13.2 Å². The van der Waals surface area contributed by atoms with E-state index in [0.717, 1.165) is 6.07 Å². The van der Waals surface area contributed by atoms with E-state index in [0.29, 0.717) is 26.1 Å². The van der Waals surface area contributed by atoms with Crippen molar-refractivity contribution in [3.63, 3.8) is 0 Å². The molecule has 1 aromatic rings. The zero-order chi connectivity index (χ0) is 15.0. The molecule has 0 aromatic heterocycles. The van der Waals surface area contributed by atoms with E-state index in [1.54, 1.807) is 0 Å². The maximum absolute atomic E-state index is 13.0. The van der Waals surface area contributed by atoms with Crippen LogP contribution in [-0.4, -0.2) is 31.1 Å². The van der Waals surface area contributed by atoms with Crippen molar-refractivity contribution in [2.75, 3.05) is 13.2 Å². The van der Waals surface area contributed by atoms with Gasteiger partial charge >= 0.3 is 6.18 Å². The molecule has 2 aliphatic heterocycles. The van der Waals surface area contributed by atoms with Crippen LogP contribution in [0, 0.1) is 5.92 Å². The number of carbonyl (C=O) groups excluding carboxylic acids is 1. The molecule has 3 nitrogen and oxygen atoms in total. The van der Waals surface area contributed by atoms with Gasteiger partial charge in [-0.3, -0.25) is 4.79 Å². The van der Waals surface area contributed by atoms with Crippen molar-refractivity contribution >= 4 is 5.78 Å². The highest BCUT2D eigenvalue weighted by Crippen LogP contribution is 2.35. The Kier molecular flexibility index (Phi) is 3.75. The summed E-state index contributed by atoms with van der Waals surface area (Å²) in [5, 5.41) is 3.33. The van der Waals surface area contributed by atoms with E-state index < -0.39 is 17.5 Å². The lowest BCUT2D eigenvalue weighted by molar-refractivity contribution is -0.138. The summed E-state index contributed by atoms with van der Waals surface area (Å²) < 4.78 is 44.5. The number of halogens is 3. The van der Waals surface area contributed by atoms with E-state index in [9.17, 15) is 18.0 Å². The molecule has 2 unspecified atom stereocenters. The Morgan fingerprint density at radius 3 is 2.38 bits per heavy atom. The number of benzene rings is 1. The molecule has 2 saturated heterocycles. The van der Waals surface area contributed by atoms with Crippen molar-refractivity contribution in [3.8, 4) is 0 Å². The van der Waals surface area contributed by atoms with Crippen molar-refractivity contribution in [1.29, 1.82) is 0 Å². The highest BCUT2D eigenvalue weighted by Gasteiger charge is 2.39. The number of hydrogen-bond donors (Lipinski definition) is 1. The van der Waals surface area contributed by atoms with Crippen molar-refractivity contribution in [2.45, 2.75) is 31.1 Å². The molecule has 2 heterocycles. The number of nitrogens with one attached hydrogen (secondary N) is 1. The second kappa shape index (κ2) is 5.42. The highest BCUT2D eigenvalue weighted by molar-refractivity contribution is 5.99. The van der Waals surface area contributed by atoms with Gasteiger partial charge in [0.25, 0.3) is 0 Å². The summed E-state index contributed by atoms with van der Waals surface area (Å²) in [5.74, 6) is -0.769. The van der Waals surface area contributed by atoms with E-state index in [-0.39, 0.29) is 23.6 Å². The fourth-order valence-electron chi connectivity index (χ4n) is 3.22. The summed E-state index contributed by atoms with van der Waals surface area (Å²) in [6, 6.07) is 5.16. The lowest BCUT2D eigenvalue weighted by atomic mass is 9.81. The van der Waals surface area contributed by atoms with Gasteiger partial charge in [0.2, 0.25) is 0 Å². The first-order valence-electron chi connectivity index (χ1n) is 6.99. The molecule has 21 heavy (non-hydrogen) atoms. The van der Waals surface area contributed by atoms with Crippen LogP contribution in [0.5, 0.6) is 0 Å². The normalized spacial score (nSPS) is 29.2. The molecule has 0 amide bonds. The summed E-state index contributed by atoms with van der Waals surface area (Å²) in [6.45, 7) is 1.03. The number of Topliss-reactive ketones (excluding diaryl/α,β-unsaturated/α-hetero) is 1. The molecule has 2 aliphatic rings. The maximum atomic E-state index is 13.0. The highest BCUT2D eigenvalue weighted by atomic mass is 19.4. The fourth-order valence-corrected chi connectivity index (χ4v) is 3.22. The zero-order valence-electron chi connectivity index (χ0n) is 11.3. The minimum absolute atomic E-state index is 0.0597. The first-order chi connectivity index (χ1) is 9.95. The number of fused-ring (bicyclic) bond motifs is 2. The molecular weight excluding hydrogens is 283 g/mol. The smallest absolute Gasteiger partial charge is 0.378 e. The molecule has 0 radical (unpaired) electrons. The number of morpholine rings is 1. The Morgan fingerprint density at radius 2 is 1.76 bits per heavy atom. The minimum Gasteiger partial charge on any atom is -0.378 e. The number of ether oxygens (including phenoxy) is 1. The Labute approximate surface area is 120 Å². The zero-order valence-corrected chi connectivity index (χ0v) is 11.3. The van der Waals surface area contributed by atoms with Gasteiger partial charge in [-0.25, -0.2) is 0 Å². The fraction of sp³-hybridized carbons (Fsp3) is 0.533. The molecule has 0 saturated carbocycles. The van der Waals surface area contributed by atoms with Crippen LogP contribution in [0.1, 0.15) is 28.8 Å². The number of ketones is 1. The molecule has 2 bridgehead atoms. The summed E-state index contributed by atoms with van der Waals surface area (Å²) in [6.07, 6.45) is -3.44. The van der Waals surface area contributed by atoms with Gasteiger partial charge in [0, 0.05) is 23.6 Å². The number of piperidine rings is 1. The van der Waals surface area contributed by atoms with Gasteiger partial charge < -0.3 is 10.1 Å². The number of hydrogen-bond acceptors (Lipinski definition) is 3. The Morgan fingerprint density at radius 1 is 1.14 bits per heavy atom. The Bertz CT molecular complexity index is 532. The molecule has 1 N–H and O–H groups in total. The summed E-state index contributed by atoms with van der Waals surface area (Å²) >= 11 is 0. The van der Waals surface area contributed by atoms with Crippen molar-refractivity contribution in [1.82, 2.24) is 5.32 Å². The van der Waals surface area contributed by atoms with Gasteiger partial charge in [0.1, 0.15) is 0 Å². The molecule has 3 rings (SSSR count). The second-order valence-corrected chi connectivity index (χ2v) is 5.67. The topological polar surface area (TPSA) is 38.3 Å². The largest absolute Gasteiger partial charge is 0.417 e. The second-order valence-electron chi connectivity index (χ2n) is 5.67. The Hall–Kier alpha value is -1.40. The van der Waals surface area contributed by atoms with Crippen LogP contribution >= 0.6 is 0 Å². The van der Waals surface area contributed by atoms with Crippen LogP contribution in [0.25, 0.3) is 0 Å². The third kappa shape index (κ3) is 2.96. The van der Waals surface area contributed by atoms with Gasteiger partial charge in [0.05, 0.1) is 18.8 Å². The summed E-state index contributed by atoms with van der Waals surface area (Å²) in [7, 11) is 0. The lowest BCUT2D eigenvalue weighted by Crippen LogP contribution is -2.55. The molecule has 2 fully saturated rings. The maximum Gasteiger partial charge on any atom is 0.417 e. The number of carbonyl (C=O) groups is 1. The molecule has 114 valence electrons. The van der Waals surface area contributed by atoms with Gasteiger partial charge in [-0.15, -0.1) is 0 Å². The monoisotopic (exact) mass is 299 g/mol. The standard InChI is InChI=1S/C15H16F3NO2/c16-15(17,18)13-4-2-1-3-12(13)14(20)9-5-10-7-21-8-11(6-9)19-10/h1-4,9-11,19H,5-8H2. The predicted octanol–water partition coefficient (Wildman–Crippen LogP) is 2.66. The molecule has 0 aliphatic carbocycles. The van der Waals surface area contributed by atoms with E-state index in [2.05, 4.69) is 5.32 Å². The van der Waals surface area contributed by atoms with E-state index >= 15 is 0 Å². The molecule has 2 atom stereocenters. The van der Waals surface area contributed by atoms with Crippen LogP contribution in [0.2, 0.25) is 0 Å². The Balaban J connectivity index is 1.86. The van der Waals surface area contributed by atoms with E-state index in [4.69, 9.17) is 4.74 Å². The third-order valence-corrected chi connectivity index (χ3v) is 4.12. The van der Waals surface area contributed by atoms with E-state index in [1.807, 2.05) is 0 Å². The van der Waals surface area contributed by atoms with Crippen molar-refractivity contribution < 1.29 is 22.7 Å². The number of rotatable bonds is 2. The minimum atomic E-state index is -4.50. The van der Waals surface area contributed by atoms with Gasteiger partial charge in [0.15, 0.2) is 5.78 Å².